The Morgan fingerprint density at radius 1 is 1.42 bits per heavy atom. The van der Waals surface area contributed by atoms with E-state index in [9.17, 15) is 4.79 Å². The summed E-state index contributed by atoms with van der Waals surface area (Å²) in [5, 5.41) is 0. The van der Waals surface area contributed by atoms with Crippen LogP contribution in [0, 0.1) is 17.8 Å². The van der Waals surface area contributed by atoms with Gasteiger partial charge in [0.05, 0.1) is 6.10 Å². The first-order chi connectivity index (χ1) is 5.74. The van der Waals surface area contributed by atoms with Crippen molar-refractivity contribution < 1.29 is 9.53 Å². The van der Waals surface area contributed by atoms with Gasteiger partial charge in [-0.1, -0.05) is 0 Å². The molecule has 0 spiro atoms. The fraction of sp³-hybridized carbons (Fsp3) is 0.900. The summed E-state index contributed by atoms with van der Waals surface area (Å²) in [4.78, 5) is 11.3. The number of Topliss-reactive ketones (excluding diaryl/α,β-unsaturated/α-hetero) is 1. The second kappa shape index (κ2) is 2.84. The van der Waals surface area contributed by atoms with Crippen LogP contribution in [0.25, 0.3) is 0 Å². The molecule has 0 N–H and O–H groups in total. The monoisotopic (exact) mass is 168 g/mol. The van der Waals surface area contributed by atoms with E-state index in [0.29, 0.717) is 11.7 Å². The molecule has 12 heavy (non-hydrogen) atoms. The number of methoxy groups -OCH3 is 1. The zero-order valence-corrected chi connectivity index (χ0v) is 7.75. The van der Waals surface area contributed by atoms with Crippen LogP contribution in [0.3, 0.4) is 0 Å². The average molecular weight is 168 g/mol. The number of hydrogen-bond acceptors (Lipinski definition) is 2. The van der Waals surface area contributed by atoms with Crippen molar-refractivity contribution in [3.63, 3.8) is 0 Å². The molecule has 2 saturated carbocycles. The van der Waals surface area contributed by atoms with Gasteiger partial charge < -0.3 is 4.74 Å². The first-order valence-corrected chi connectivity index (χ1v) is 4.77. The Balaban J connectivity index is 2.06. The maximum atomic E-state index is 11.3. The van der Waals surface area contributed by atoms with Crippen molar-refractivity contribution in [2.45, 2.75) is 32.3 Å². The summed E-state index contributed by atoms with van der Waals surface area (Å²) in [7, 11) is 1.74. The van der Waals surface area contributed by atoms with Crippen LogP contribution >= 0.6 is 0 Å². The molecule has 2 rings (SSSR count). The second-order valence-corrected chi connectivity index (χ2v) is 4.15. The molecule has 0 radical (unpaired) electrons. The number of carbonyl (C=O) groups excluding carboxylic acids is 1. The number of rotatable bonds is 2. The molecule has 68 valence electrons. The summed E-state index contributed by atoms with van der Waals surface area (Å²) in [6, 6.07) is 0. The summed E-state index contributed by atoms with van der Waals surface area (Å²) in [6.45, 7) is 1.69. The van der Waals surface area contributed by atoms with Crippen molar-refractivity contribution in [1.82, 2.24) is 0 Å². The van der Waals surface area contributed by atoms with E-state index in [2.05, 4.69) is 0 Å². The molecule has 2 heteroatoms. The van der Waals surface area contributed by atoms with Gasteiger partial charge in [0.25, 0.3) is 0 Å². The third kappa shape index (κ3) is 1.18. The molecule has 0 aromatic rings. The molecule has 2 aliphatic carbocycles. The number of ketones is 1. The molecule has 2 aliphatic rings. The normalized spacial score (nSPS) is 45.2. The molecule has 0 aromatic heterocycles. The number of carbonyl (C=O) groups is 1. The van der Waals surface area contributed by atoms with Crippen LogP contribution in [0.15, 0.2) is 0 Å². The Bertz CT molecular complexity index is 200. The summed E-state index contributed by atoms with van der Waals surface area (Å²) in [6.07, 6.45) is 3.83. The van der Waals surface area contributed by atoms with Gasteiger partial charge in [0.15, 0.2) is 0 Å². The molecule has 0 aliphatic heterocycles. The molecule has 0 saturated heterocycles. The van der Waals surface area contributed by atoms with E-state index in [0.717, 1.165) is 12.3 Å². The average Bonchev–Trinajstić information content (AvgIpc) is 2.79. The molecule has 4 unspecified atom stereocenters. The number of fused-ring (bicyclic) bond motifs is 1. The van der Waals surface area contributed by atoms with Crippen molar-refractivity contribution in [2.24, 2.45) is 17.8 Å². The fourth-order valence-electron chi connectivity index (χ4n) is 2.64. The Hall–Kier alpha value is -0.370. The Morgan fingerprint density at radius 2 is 2.17 bits per heavy atom. The Kier molecular flexibility index (Phi) is 1.95. The van der Waals surface area contributed by atoms with Crippen molar-refractivity contribution in [3.8, 4) is 0 Å². The highest BCUT2D eigenvalue weighted by atomic mass is 16.5. The van der Waals surface area contributed by atoms with Crippen molar-refractivity contribution >= 4 is 5.78 Å². The van der Waals surface area contributed by atoms with Gasteiger partial charge in [0.2, 0.25) is 0 Å². The Morgan fingerprint density at radius 3 is 2.75 bits per heavy atom. The van der Waals surface area contributed by atoms with Crippen LogP contribution in [-0.4, -0.2) is 19.0 Å². The number of ether oxygens (including phenoxy) is 1. The largest absolute Gasteiger partial charge is 0.380 e. The maximum Gasteiger partial charge on any atom is 0.135 e. The second-order valence-electron chi connectivity index (χ2n) is 4.15. The van der Waals surface area contributed by atoms with Gasteiger partial charge in [-0.2, -0.15) is 0 Å². The molecule has 0 bridgehead atoms. The van der Waals surface area contributed by atoms with E-state index in [-0.39, 0.29) is 12.0 Å². The molecule has 0 aromatic carbocycles. The third-order valence-electron chi connectivity index (χ3n) is 3.44. The summed E-state index contributed by atoms with van der Waals surface area (Å²) in [5.74, 6) is 2.09. The van der Waals surface area contributed by atoms with Crippen LogP contribution in [-0.2, 0) is 9.53 Å². The van der Waals surface area contributed by atoms with Gasteiger partial charge in [-0.15, -0.1) is 0 Å². The first kappa shape index (κ1) is 8.24. The fourth-order valence-corrected chi connectivity index (χ4v) is 2.64. The van der Waals surface area contributed by atoms with Crippen molar-refractivity contribution in [3.05, 3.63) is 0 Å². The zero-order chi connectivity index (χ0) is 8.72. The molecular formula is C10H16O2. The zero-order valence-electron chi connectivity index (χ0n) is 7.75. The summed E-state index contributed by atoms with van der Waals surface area (Å²) < 4.78 is 5.40. The predicted octanol–water partition coefficient (Wildman–Crippen LogP) is 1.64. The molecule has 2 nitrogen and oxygen atoms in total. The van der Waals surface area contributed by atoms with Gasteiger partial charge in [0.1, 0.15) is 5.78 Å². The third-order valence-corrected chi connectivity index (χ3v) is 3.44. The topological polar surface area (TPSA) is 26.3 Å². The highest BCUT2D eigenvalue weighted by Crippen LogP contribution is 2.52. The molecule has 0 heterocycles. The minimum Gasteiger partial charge on any atom is -0.380 e. The minimum absolute atomic E-state index is 0.193. The SMILES string of the molecule is COC1C(C(C)=O)CCC2CC21. The van der Waals surface area contributed by atoms with E-state index >= 15 is 0 Å². The van der Waals surface area contributed by atoms with Gasteiger partial charge in [-0.25, -0.2) is 0 Å². The molecular weight excluding hydrogens is 152 g/mol. The highest BCUT2D eigenvalue weighted by Gasteiger charge is 2.50. The van der Waals surface area contributed by atoms with Crippen molar-refractivity contribution in [1.29, 1.82) is 0 Å². The van der Waals surface area contributed by atoms with Gasteiger partial charge >= 0.3 is 0 Å². The Labute approximate surface area is 73.3 Å². The van der Waals surface area contributed by atoms with E-state index in [1.54, 1.807) is 14.0 Å². The lowest BCUT2D eigenvalue weighted by Gasteiger charge is -2.28. The van der Waals surface area contributed by atoms with Crippen LogP contribution in [0.4, 0.5) is 0 Å². The van der Waals surface area contributed by atoms with E-state index in [4.69, 9.17) is 4.74 Å². The predicted molar refractivity (Wildman–Crippen MR) is 45.8 cm³/mol. The highest BCUT2D eigenvalue weighted by molar-refractivity contribution is 5.79. The quantitative estimate of drug-likeness (QED) is 0.626. The van der Waals surface area contributed by atoms with Crippen LogP contribution in [0.2, 0.25) is 0 Å². The van der Waals surface area contributed by atoms with E-state index in [1.807, 2.05) is 0 Å². The summed E-state index contributed by atoms with van der Waals surface area (Å²) in [5.41, 5.74) is 0. The van der Waals surface area contributed by atoms with E-state index in [1.165, 1.54) is 12.8 Å². The first-order valence-electron chi connectivity index (χ1n) is 4.77. The van der Waals surface area contributed by atoms with Gasteiger partial charge in [0, 0.05) is 13.0 Å². The van der Waals surface area contributed by atoms with Gasteiger partial charge in [-0.05, 0) is 38.0 Å². The van der Waals surface area contributed by atoms with Crippen LogP contribution < -0.4 is 0 Å². The van der Waals surface area contributed by atoms with Crippen LogP contribution in [0.1, 0.15) is 26.2 Å². The molecule has 0 amide bonds. The molecule has 2 fully saturated rings. The molecule has 4 atom stereocenters. The lowest BCUT2D eigenvalue weighted by molar-refractivity contribution is -0.127. The van der Waals surface area contributed by atoms with Gasteiger partial charge in [-0.3, -0.25) is 4.79 Å². The lowest BCUT2D eigenvalue weighted by Crippen LogP contribution is -2.33. The van der Waals surface area contributed by atoms with Crippen molar-refractivity contribution in [2.75, 3.05) is 7.11 Å². The summed E-state index contributed by atoms with van der Waals surface area (Å²) >= 11 is 0. The maximum absolute atomic E-state index is 11.3. The van der Waals surface area contributed by atoms with E-state index < -0.39 is 0 Å². The minimum atomic E-state index is 0.193. The number of hydrogen-bond donors (Lipinski definition) is 0. The smallest absolute Gasteiger partial charge is 0.135 e. The lowest BCUT2D eigenvalue weighted by atomic mass is 9.84. The standard InChI is InChI=1S/C10H16O2/c1-6(11)8-4-3-7-5-9(7)10(8)12-2/h7-10H,3-5H2,1-2H3. The van der Waals surface area contributed by atoms with Crippen LogP contribution in [0.5, 0.6) is 0 Å².